The number of alkyl halides is 3. The van der Waals surface area contributed by atoms with Crippen LogP contribution in [0.25, 0.3) is 11.4 Å². The predicted molar refractivity (Wildman–Crippen MR) is 110 cm³/mol. The summed E-state index contributed by atoms with van der Waals surface area (Å²) in [6.45, 7) is 5.61. The first-order valence-corrected chi connectivity index (χ1v) is 10.2. The molecule has 2 aromatic carbocycles. The molecule has 0 aliphatic heterocycles. The van der Waals surface area contributed by atoms with E-state index in [9.17, 15) is 18.0 Å². The van der Waals surface area contributed by atoms with Crippen LogP contribution in [0.5, 0.6) is 0 Å². The quantitative estimate of drug-likeness (QED) is 0.543. The van der Waals surface area contributed by atoms with E-state index in [0.717, 1.165) is 28.9 Å². The molecule has 3 aromatic rings. The van der Waals surface area contributed by atoms with Crippen molar-refractivity contribution in [2.24, 2.45) is 0 Å². The van der Waals surface area contributed by atoms with Crippen LogP contribution in [0.4, 0.5) is 18.9 Å². The summed E-state index contributed by atoms with van der Waals surface area (Å²) in [6, 6.07) is 10.5. The van der Waals surface area contributed by atoms with Crippen molar-refractivity contribution in [3.05, 3.63) is 65.0 Å². The summed E-state index contributed by atoms with van der Waals surface area (Å²) in [7, 11) is 0. The van der Waals surface area contributed by atoms with Crippen LogP contribution >= 0.6 is 11.8 Å². The van der Waals surface area contributed by atoms with Gasteiger partial charge in [0.2, 0.25) is 17.6 Å². The Morgan fingerprint density at radius 2 is 1.83 bits per heavy atom. The number of carbonyl (C=O) groups is 1. The number of aromatic nitrogens is 2. The van der Waals surface area contributed by atoms with Gasteiger partial charge in [-0.05, 0) is 44.0 Å². The number of benzene rings is 2. The topological polar surface area (TPSA) is 68.0 Å². The van der Waals surface area contributed by atoms with Crippen LogP contribution in [0.15, 0.2) is 47.0 Å². The Hall–Kier alpha value is -2.81. The highest BCUT2D eigenvalue weighted by atomic mass is 32.2. The maximum absolute atomic E-state index is 12.9. The van der Waals surface area contributed by atoms with Crippen molar-refractivity contribution < 1.29 is 22.5 Å². The Labute approximate surface area is 176 Å². The molecule has 3 rings (SSSR count). The number of thioether (sulfide) groups is 1. The molecule has 0 spiro atoms. The van der Waals surface area contributed by atoms with Crippen molar-refractivity contribution in [3.63, 3.8) is 0 Å². The fourth-order valence-corrected chi connectivity index (χ4v) is 3.49. The summed E-state index contributed by atoms with van der Waals surface area (Å²) in [5, 5.41) is 6.29. The maximum atomic E-state index is 12.9. The van der Waals surface area contributed by atoms with Gasteiger partial charge in [-0.15, -0.1) is 11.8 Å². The third-order valence-electron chi connectivity index (χ3n) is 4.47. The summed E-state index contributed by atoms with van der Waals surface area (Å²) < 4.78 is 43.8. The molecule has 0 fully saturated rings. The Kier molecular flexibility index (Phi) is 6.50. The lowest BCUT2D eigenvalue weighted by molar-refractivity contribution is -0.137. The number of amides is 1. The molecule has 1 heterocycles. The van der Waals surface area contributed by atoms with Gasteiger partial charge >= 0.3 is 6.18 Å². The molecular formula is C21H20F3N3O2S. The number of anilines is 1. The van der Waals surface area contributed by atoms with E-state index in [0.29, 0.717) is 0 Å². The van der Waals surface area contributed by atoms with Crippen molar-refractivity contribution in [1.29, 1.82) is 0 Å². The van der Waals surface area contributed by atoms with Gasteiger partial charge in [0.25, 0.3) is 0 Å². The van der Waals surface area contributed by atoms with E-state index in [-0.39, 0.29) is 28.9 Å². The number of carbonyl (C=O) groups excluding carboxylic acids is 1. The van der Waals surface area contributed by atoms with Gasteiger partial charge < -0.3 is 9.84 Å². The summed E-state index contributed by atoms with van der Waals surface area (Å²) in [5.41, 5.74) is 2.18. The van der Waals surface area contributed by atoms with Crippen LogP contribution < -0.4 is 5.32 Å². The first-order chi connectivity index (χ1) is 14.1. The van der Waals surface area contributed by atoms with E-state index in [1.54, 1.807) is 6.92 Å². The van der Waals surface area contributed by atoms with Crippen molar-refractivity contribution >= 4 is 23.4 Å². The fraction of sp³-hybridized carbons (Fsp3) is 0.286. The van der Waals surface area contributed by atoms with Gasteiger partial charge in [-0.1, -0.05) is 35.5 Å². The number of nitrogens with zero attached hydrogens (tertiary/aromatic N) is 2. The number of nitrogens with one attached hydrogen (secondary N) is 1. The Morgan fingerprint density at radius 3 is 2.50 bits per heavy atom. The lowest BCUT2D eigenvalue weighted by Crippen LogP contribution is -2.23. The van der Waals surface area contributed by atoms with E-state index < -0.39 is 17.0 Å². The fourth-order valence-electron chi connectivity index (χ4n) is 2.77. The highest BCUT2D eigenvalue weighted by molar-refractivity contribution is 7.99. The third kappa shape index (κ3) is 5.21. The van der Waals surface area contributed by atoms with E-state index in [4.69, 9.17) is 4.52 Å². The summed E-state index contributed by atoms with van der Waals surface area (Å²) in [6.07, 6.45) is -4.45. The average molecular weight is 435 g/mol. The van der Waals surface area contributed by atoms with Gasteiger partial charge in [-0.3, -0.25) is 4.79 Å². The van der Waals surface area contributed by atoms with Gasteiger partial charge in [0.05, 0.1) is 16.6 Å². The second-order valence-electron chi connectivity index (χ2n) is 6.80. The highest BCUT2D eigenvalue weighted by Crippen LogP contribution is 2.31. The van der Waals surface area contributed by atoms with Crippen molar-refractivity contribution in [2.45, 2.75) is 38.0 Å². The molecule has 1 amide bonds. The normalized spacial score (nSPS) is 12.6. The molecule has 1 N–H and O–H groups in total. The van der Waals surface area contributed by atoms with Gasteiger partial charge in [-0.2, -0.15) is 18.2 Å². The number of aryl methyl sites for hydroxylation is 2. The smallest absolute Gasteiger partial charge is 0.338 e. The van der Waals surface area contributed by atoms with E-state index in [1.807, 2.05) is 32.0 Å². The highest BCUT2D eigenvalue weighted by Gasteiger charge is 2.30. The Morgan fingerprint density at radius 1 is 1.17 bits per heavy atom. The average Bonchev–Trinajstić information content (AvgIpc) is 3.17. The van der Waals surface area contributed by atoms with Gasteiger partial charge in [0, 0.05) is 11.3 Å². The second kappa shape index (κ2) is 8.91. The maximum Gasteiger partial charge on any atom is 0.416 e. The minimum absolute atomic E-state index is 0.0735. The van der Waals surface area contributed by atoms with E-state index in [1.165, 1.54) is 23.9 Å². The van der Waals surface area contributed by atoms with Gasteiger partial charge in [0.1, 0.15) is 0 Å². The molecule has 0 radical (unpaired) electrons. The molecule has 1 unspecified atom stereocenters. The summed E-state index contributed by atoms with van der Waals surface area (Å²) in [4.78, 5) is 16.6. The molecule has 0 saturated heterocycles. The van der Waals surface area contributed by atoms with Gasteiger partial charge in [-0.25, -0.2) is 0 Å². The minimum atomic E-state index is -4.45. The first-order valence-electron chi connectivity index (χ1n) is 9.14. The largest absolute Gasteiger partial charge is 0.416 e. The Bertz CT molecular complexity index is 1030. The number of hydrogen-bond acceptors (Lipinski definition) is 5. The van der Waals surface area contributed by atoms with Crippen LogP contribution in [-0.2, 0) is 16.7 Å². The predicted octanol–water partition coefficient (Wildman–Crippen LogP) is 5.63. The molecule has 0 bridgehead atoms. The van der Waals surface area contributed by atoms with Crippen molar-refractivity contribution in [2.75, 3.05) is 5.32 Å². The zero-order valence-electron chi connectivity index (χ0n) is 16.6. The summed E-state index contributed by atoms with van der Waals surface area (Å²) in [5.74, 6) is 0.409. The molecular weight excluding hydrogens is 415 g/mol. The zero-order chi connectivity index (χ0) is 21.9. The summed E-state index contributed by atoms with van der Waals surface area (Å²) >= 11 is 1.30. The molecule has 30 heavy (non-hydrogen) atoms. The molecule has 158 valence electrons. The lowest BCUT2D eigenvalue weighted by atomic mass is 10.1. The van der Waals surface area contributed by atoms with Crippen LogP contribution in [0.2, 0.25) is 0 Å². The standard InChI is InChI=1S/C21H20F3N3O2S/c1-12-6-4-7-13(2)18(12)26-20(28)14(3)30-11-17-25-19(27-29-17)15-8-5-9-16(10-15)21(22,23)24/h4-10,14H,11H2,1-3H3,(H,26,28). The molecule has 9 heteroatoms. The van der Waals surface area contributed by atoms with E-state index in [2.05, 4.69) is 15.5 Å². The number of rotatable bonds is 6. The monoisotopic (exact) mass is 435 g/mol. The number of para-hydroxylation sites is 1. The van der Waals surface area contributed by atoms with Gasteiger partial charge in [0.15, 0.2) is 0 Å². The second-order valence-corrected chi connectivity index (χ2v) is 8.13. The van der Waals surface area contributed by atoms with E-state index >= 15 is 0 Å². The van der Waals surface area contributed by atoms with Crippen LogP contribution in [0.1, 0.15) is 29.5 Å². The number of halogens is 3. The van der Waals surface area contributed by atoms with Crippen molar-refractivity contribution in [3.8, 4) is 11.4 Å². The van der Waals surface area contributed by atoms with Crippen molar-refractivity contribution in [1.82, 2.24) is 10.1 Å². The number of hydrogen-bond donors (Lipinski definition) is 1. The van der Waals surface area contributed by atoms with Crippen LogP contribution in [0, 0.1) is 13.8 Å². The lowest BCUT2D eigenvalue weighted by Gasteiger charge is -2.14. The SMILES string of the molecule is Cc1cccc(C)c1NC(=O)C(C)SCc1nc(-c2cccc(C(F)(F)F)c2)no1. The third-order valence-corrected chi connectivity index (χ3v) is 5.60. The molecule has 1 atom stereocenters. The Balaban J connectivity index is 1.62. The molecule has 0 aliphatic carbocycles. The molecule has 1 aromatic heterocycles. The minimum Gasteiger partial charge on any atom is -0.338 e. The molecule has 0 aliphatic rings. The molecule has 0 saturated carbocycles. The zero-order valence-corrected chi connectivity index (χ0v) is 17.4. The van der Waals surface area contributed by atoms with Crippen LogP contribution in [-0.4, -0.2) is 21.3 Å². The first kappa shape index (κ1) is 21.9. The molecule has 5 nitrogen and oxygen atoms in total. The van der Waals surface area contributed by atoms with Crippen LogP contribution in [0.3, 0.4) is 0 Å².